The highest BCUT2D eigenvalue weighted by Gasteiger charge is 2.42. The lowest BCUT2D eigenvalue weighted by atomic mass is 9.93. The van der Waals surface area contributed by atoms with Crippen molar-refractivity contribution in [1.29, 1.82) is 0 Å². The summed E-state index contributed by atoms with van der Waals surface area (Å²) in [5.41, 5.74) is 10.8. The number of benzene rings is 1. The van der Waals surface area contributed by atoms with E-state index in [0.717, 1.165) is 61.6 Å². The monoisotopic (exact) mass is 513 g/mol. The van der Waals surface area contributed by atoms with E-state index in [2.05, 4.69) is 54.4 Å². The minimum atomic E-state index is 0.281. The number of hydrogen-bond acceptors (Lipinski definition) is 8. The van der Waals surface area contributed by atoms with Crippen LogP contribution in [-0.2, 0) is 12.8 Å². The van der Waals surface area contributed by atoms with Gasteiger partial charge < -0.3 is 16.0 Å². The molecule has 3 N–H and O–H groups in total. The van der Waals surface area contributed by atoms with Crippen molar-refractivity contribution < 1.29 is 0 Å². The minimum Gasteiger partial charge on any atom is -0.369 e. The van der Waals surface area contributed by atoms with Crippen molar-refractivity contribution in [2.45, 2.75) is 70.3 Å². The van der Waals surface area contributed by atoms with Gasteiger partial charge in [-0.3, -0.25) is 4.90 Å². The largest absolute Gasteiger partial charge is 0.369 e. The first-order valence-electron chi connectivity index (χ1n) is 14.6. The molecular weight excluding hydrogens is 474 g/mol. The lowest BCUT2D eigenvalue weighted by molar-refractivity contribution is 0.135. The summed E-state index contributed by atoms with van der Waals surface area (Å²) in [6.45, 7) is 4.56. The summed E-state index contributed by atoms with van der Waals surface area (Å²) in [5.74, 6) is 3.20. The maximum absolute atomic E-state index is 6.22. The molecule has 3 heterocycles. The van der Waals surface area contributed by atoms with Crippen molar-refractivity contribution in [3.63, 3.8) is 0 Å². The van der Waals surface area contributed by atoms with Crippen LogP contribution >= 0.6 is 0 Å². The Kier molecular flexibility index (Phi) is 6.39. The van der Waals surface area contributed by atoms with E-state index in [1.54, 1.807) is 0 Å². The number of piperazine rings is 1. The zero-order valence-electron chi connectivity index (χ0n) is 22.2. The van der Waals surface area contributed by atoms with Crippen molar-refractivity contribution >= 4 is 23.3 Å². The number of nitrogens with zero attached hydrogens (tertiary/aromatic N) is 7. The topological polar surface area (TPSA) is 101 Å². The first-order chi connectivity index (χ1) is 18.7. The summed E-state index contributed by atoms with van der Waals surface area (Å²) < 4.78 is 1.53. The molecule has 4 aliphatic rings. The first kappa shape index (κ1) is 23.9. The molecule has 2 aromatic heterocycles. The van der Waals surface area contributed by atoms with Crippen LogP contribution in [0.25, 0.3) is 5.95 Å². The third-order valence-corrected chi connectivity index (χ3v) is 9.35. The van der Waals surface area contributed by atoms with Crippen LogP contribution in [-0.4, -0.2) is 61.9 Å². The molecule has 3 aromatic rings. The quantitative estimate of drug-likeness (QED) is 0.519. The third-order valence-electron chi connectivity index (χ3n) is 9.35. The molecule has 3 unspecified atom stereocenters. The molecule has 200 valence electrons. The summed E-state index contributed by atoms with van der Waals surface area (Å²) in [6.07, 6.45) is 14.7. The van der Waals surface area contributed by atoms with E-state index in [9.17, 15) is 0 Å². The molecule has 9 nitrogen and oxygen atoms in total. The van der Waals surface area contributed by atoms with E-state index >= 15 is 0 Å². The average Bonchev–Trinajstić information content (AvgIpc) is 3.66. The summed E-state index contributed by atoms with van der Waals surface area (Å²) in [6, 6.07) is 9.41. The van der Waals surface area contributed by atoms with Crippen LogP contribution in [0.15, 0.2) is 30.5 Å². The Morgan fingerprint density at radius 3 is 2.45 bits per heavy atom. The maximum Gasteiger partial charge on any atom is 0.254 e. The number of fused-ring (bicyclic) bond motifs is 3. The number of hydrogen-bond donors (Lipinski definition) is 2. The van der Waals surface area contributed by atoms with Gasteiger partial charge in [-0.25, -0.2) is 9.97 Å². The number of anilines is 4. The summed E-state index contributed by atoms with van der Waals surface area (Å²) in [7, 11) is 0. The highest BCUT2D eigenvalue weighted by atomic mass is 15.5. The van der Waals surface area contributed by atoms with E-state index in [-0.39, 0.29) is 5.95 Å². The van der Waals surface area contributed by atoms with Gasteiger partial charge in [0.05, 0.1) is 0 Å². The predicted molar refractivity (Wildman–Crippen MR) is 150 cm³/mol. The number of rotatable bonds is 5. The Hall–Kier alpha value is -3.20. The molecule has 0 radical (unpaired) electrons. The lowest BCUT2D eigenvalue weighted by Gasteiger charge is -2.41. The van der Waals surface area contributed by atoms with Crippen LogP contribution in [0.1, 0.15) is 62.6 Å². The lowest BCUT2D eigenvalue weighted by Crippen LogP contribution is -2.51. The molecule has 3 fully saturated rings. The number of nitrogens with one attached hydrogen (secondary N) is 1. The SMILES string of the molecule is Nc1nc(Nc2ccc(N3CCN(C4CC5CCC4C5)CC3)cc2)nn1-c1ncc2c(n1)CCCCCC2. The second kappa shape index (κ2) is 10.2. The van der Waals surface area contributed by atoms with E-state index in [1.807, 2.05) is 6.20 Å². The molecule has 0 spiro atoms. The fourth-order valence-corrected chi connectivity index (χ4v) is 7.30. The first-order valence-corrected chi connectivity index (χ1v) is 14.6. The molecule has 7 rings (SSSR count). The average molecular weight is 514 g/mol. The number of nitrogen functional groups attached to an aromatic ring is 1. The maximum atomic E-state index is 6.22. The molecule has 1 aromatic carbocycles. The molecule has 0 amide bonds. The molecule has 9 heteroatoms. The molecule has 1 aliphatic heterocycles. The van der Waals surface area contributed by atoms with Gasteiger partial charge >= 0.3 is 0 Å². The van der Waals surface area contributed by atoms with Gasteiger partial charge in [-0.1, -0.05) is 19.3 Å². The Bertz CT molecular complexity index is 1260. The van der Waals surface area contributed by atoms with Gasteiger partial charge in [-0.2, -0.15) is 9.67 Å². The smallest absolute Gasteiger partial charge is 0.254 e. The van der Waals surface area contributed by atoms with Crippen LogP contribution in [0.2, 0.25) is 0 Å². The van der Waals surface area contributed by atoms with Gasteiger partial charge in [-0.15, -0.1) is 5.10 Å². The Balaban J connectivity index is 0.985. The van der Waals surface area contributed by atoms with E-state index < -0.39 is 0 Å². The number of aromatic nitrogens is 5. The fraction of sp³-hybridized carbons (Fsp3) is 0.586. The van der Waals surface area contributed by atoms with Gasteiger partial charge in [0.25, 0.3) is 5.95 Å². The van der Waals surface area contributed by atoms with Crippen LogP contribution in [0.4, 0.5) is 23.3 Å². The number of nitrogens with two attached hydrogens (primary N) is 1. The molecule has 1 saturated heterocycles. The molecule has 38 heavy (non-hydrogen) atoms. The zero-order valence-corrected chi connectivity index (χ0v) is 22.2. The summed E-state index contributed by atoms with van der Waals surface area (Å²) in [5, 5.41) is 7.87. The second-order valence-corrected chi connectivity index (χ2v) is 11.7. The summed E-state index contributed by atoms with van der Waals surface area (Å²) in [4.78, 5) is 19.1. The fourth-order valence-electron chi connectivity index (χ4n) is 7.30. The number of aryl methyl sites for hydroxylation is 2. The zero-order chi connectivity index (χ0) is 25.5. The highest BCUT2D eigenvalue weighted by molar-refractivity contribution is 5.60. The summed E-state index contributed by atoms with van der Waals surface area (Å²) >= 11 is 0. The van der Waals surface area contributed by atoms with Crippen molar-refractivity contribution in [2.75, 3.05) is 42.1 Å². The van der Waals surface area contributed by atoms with Gasteiger partial charge in [0.2, 0.25) is 11.9 Å². The Morgan fingerprint density at radius 2 is 1.68 bits per heavy atom. The molecule has 2 bridgehead atoms. The minimum absolute atomic E-state index is 0.281. The van der Waals surface area contributed by atoms with Gasteiger partial charge in [0, 0.05) is 55.5 Å². The molecule has 2 saturated carbocycles. The van der Waals surface area contributed by atoms with Crippen LogP contribution in [0.5, 0.6) is 0 Å². The van der Waals surface area contributed by atoms with Gasteiger partial charge in [0.1, 0.15) is 0 Å². The van der Waals surface area contributed by atoms with E-state index in [1.165, 1.54) is 74.0 Å². The van der Waals surface area contributed by atoms with Crippen molar-refractivity contribution in [3.8, 4) is 5.95 Å². The standard InChI is InChI=1S/C29H39N9/c30-27-34-28(35-38(27)29-31-19-22-5-3-1-2-4-6-25(22)33-29)32-23-9-11-24(12-10-23)36-13-15-37(16-14-36)26-18-20-7-8-21(26)17-20/h9-12,19-21,26H,1-8,13-18H2,(H3,30,32,34,35). The molecular formula is C29H39N9. The highest BCUT2D eigenvalue weighted by Crippen LogP contribution is 2.46. The second-order valence-electron chi connectivity index (χ2n) is 11.7. The van der Waals surface area contributed by atoms with E-state index in [4.69, 9.17) is 10.7 Å². The van der Waals surface area contributed by atoms with Crippen molar-refractivity contribution in [2.24, 2.45) is 11.8 Å². The Labute approximate surface area is 224 Å². The molecule has 3 atom stereocenters. The van der Waals surface area contributed by atoms with E-state index in [0.29, 0.717) is 11.9 Å². The van der Waals surface area contributed by atoms with Crippen molar-refractivity contribution in [3.05, 3.63) is 41.7 Å². The van der Waals surface area contributed by atoms with Crippen LogP contribution < -0.4 is 16.0 Å². The van der Waals surface area contributed by atoms with Gasteiger partial charge in [-0.05, 0) is 86.6 Å². The Morgan fingerprint density at radius 1 is 0.868 bits per heavy atom. The third kappa shape index (κ3) is 4.72. The van der Waals surface area contributed by atoms with Gasteiger partial charge in [0.15, 0.2) is 0 Å². The normalized spacial score (nSPS) is 25.7. The molecule has 3 aliphatic carbocycles. The van der Waals surface area contributed by atoms with Crippen LogP contribution in [0.3, 0.4) is 0 Å². The van der Waals surface area contributed by atoms with Crippen LogP contribution in [0, 0.1) is 11.8 Å². The predicted octanol–water partition coefficient (Wildman–Crippen LogP) is 4.35. The van der Waals surface area contributed by atoms with Crippen molar-refractivity contribution in [1.82, 2.24) is 29.6 Å².